The van der Waals surface area contributed by atoms with Crippen LogP contribution in [0.15, 0.2) is 30.3 Å². The van der Waals surface area contributed by atoms with Gasteiger partial charge in [-0.1, -0.05) is 35.9 Å². The Bertz CT molecular complexity index is 617. The topological polar surface area (TPSA) is 38.0 Å². The molecule has 20 heavy (non-hydrogen) atoms. The van der Waals surface area contributed by atoms with Crippen LogP contribution in [0.5, 0.6) is 0 Å². The Morgan fingerprint density at radius 1 is 1.15 bits per heavy atom. The van der Waals surface area contributed by atoms with E-state index in [0.717, 1.165) is 22.3 Å². The first-order valence-electron chi connectivity index (χ1n) is 6.43. The Hall–Kier alpha value is -1.42. The molecule has 0 saturated heterocycles. The smallest absolute Gasteiger partial charge is 0.128 e. The van der Waals surface area contributed by atoms with Crippen LogP contribution in [0, 0.1) is 26.6 Å². The molecule has 4 heteroatoms. The molecule has 0 saturated carbocycles. The van der Waals surface area contributed by atoms with E-state index in [1.165, 1.54) is 6.07 Å². The number of aryl methyl sites for hydroxylation is 3. The maximum atomic E-state index is 14.3. The summed E-state index contributed by atoms with van der Waals surface area (Å²) in [5, 5.41) is 0.606. The molecule has 0 amide bonds. The molecule has 1 atom stereocenters. The number of hydrogen-bond donors (Lipinski definition) is 2. The molecular weight excluding hydrogens is 275 g/mol. The minimum absolute atomic E-state index is 0.275. The van der Waals surface area contributed by atoms with E-state index in [9.17, 15) is 4.39 Å². The zero-order valence-electron chi connectivity index (χ0n) is 11.8. The molecule has 0 aliphatic carbocycles. The monoisotopic (exact) mass is 292 g/mol. The highest BCUT2D eigenvalue weighted by Gasteiger charge is 2.22. The van der Waals surface area contributed by atoms with Gasteiger partial charge in [-0.05, 0) is 49.1 Å². The van der Waals surface area contributed by atoms with Gasteiger partial charge in [0.1, 0.15) is 5.82 Å². The van der Waals surface area contributed by atoms with Crippen LogP contribution in [0.3, 0.4) is 0 Å². The average molecular weight is 293 g/mol. The molecule has 0 aromatic heterocycles. The third-order valence-corrected chi connectivity index (χ3v) is 3.99. The van der Waals surface area contributed by atoms with Gasteiger partial charge in [0, 0.05) is 10.6 Å². The molecule has 2 aromatic rings. The highest BCUT2D eigenvalue weighted by atomic mass is 35.5. The fraction of sp³-hybridized carbons (Fsp3) is 0.250. The van der Waals surface area contributed by atoms with Crippen LogP contribution >= 0.6 is 11.6 Å². The molecule has 2 aromatic carbocycles. The molecule has 2 rings (SSSR count). The summed E-state index contributed by atoms with van der Waals surface area (Å²) in [5.41, 5.74) is 6.66. The van der Waals surface area contributed by atoms with Gasteiger partial charge in [0.15, 0.2) is 0 Å². The molecule has 0 bridgehead atoms. The summed E-state index contributed by atoms with van der Waals surface area (Å²) in [7, 11) is 0. The van der Waals surface area contributed by atoms with Gasteiger partial charge in [-0.15, -0.1) is 0 Å². The third kappa shape index (κ3) is 2.70. The van der Waals surface area contributed by atoms with Crippen molar-refractivity contribution in [1.82, 2.24) is 5.43 Å². The van der Waals surface area contributed by atoms with Gasteiger partial charge in [0.25, 0.3) is 0 Å². The van der Waals surface area contributed by atoms with E-state index in [-0.39, 0.29) is 5.82 Å². The summed E-state index contributed by atoms with van der Waals surface area (Å²) in [5.74, 6) is 5.38. The van der Waals surface area contributed by atoms with Crippen molar-refractivity contribution in [3.63, 3.8) is 0 Å². The number of benzene rings is 2. The van der Waals surface area contributed by atoms with Crippen molar-refractivity contribution in [2.24, 2.45) is 5.84 Å². The lowest BCUT2D eigenvalue weighted by molar-refractivity contribution is 0.556. The second-order valence-electron chi connectivity index (χ2n) is 5.06. The number of nitrogens with one attached hydrogen (secondary N) is 1. The predicted molar refractivity (Wildman–Crippen MR) is 81.2 cm³/mol. The van der Waals surface area contributed by atoms with E-state index in [4.69, 9.17) is 17.4 Å². The SMILES string of the molecule is Cc1cc(C)c(C(NN)c2cccc(C)c2Cl)c(F)c1. The fourth-order valence-electron chi connectivity index (χ4n) is 2.51. The molecular formula is C16H18ClFN2. The van der Waals surface area contributed by atoms with E-state index in [1.54, 1.807) is 0 Å². The average Bonchev–Trinajstić information content (AvgIpc) is 2.37. The zero-order chi connectivity index (χ0) is 14.9. The van der Waals surface area contributed by atoms with Gasteiger partial charge in [-0.2, -0.15) is 0 Å². The Balaban J connectivity index is 2.62. The van der Waals surface area contributed by atoms with Gasteiger partial charge >= 0.3 is 0 Å². The van der Waals surface area contributed by atoms with Crippen LogP contribution < -0.4 is 11.3 Å². The first-order chi connectivity index (χ1) is 9.45. The first kappa shape index (κ1) is 15.0. The predicted octanol–water partition coefficient (Wildman–Crippen LogP) is 3.96. The number of hydrogen-bond acceptors (Lipinski definition) is 2. The summed E-state index contributed by atoms with van der Waals surface area (Å²) < 4.78 is 14.3. The molecule has 0 radical (unpaired) electrons. The zero-order valence-corrected chi connectivity index (χ0v) is 12.6. The van der Waals surface area contributed by atoms with Crippen molar-refractivity contribution in [3.05, 3.63) is 69.0 Å². The van der Waals surface area contributed by atoms with Crippen molar-refractivity contribution in [1.29, 1.82) is 0 Å². The number of hydrazine groups is 1. The summed E-state index contributed by atoms with van der Waals surface area (Å²) >= 11 is 6.33. The summed E-state index contributed by atoms with van der Waals surface area (Å²) in [6.45, 7) is 5.65. The van der Waals surface area contributed by atoms with Crippen LogP contribution in [0.2, 0.25) is 5.02 Å². The van der Waals surface area contributed by atoms with E-state index < -0.39 is 6.04 Å². The lowest BCUT2D eigenvalue weighted by Gasteiger charge is -2.22. The molecule has 0 heterocycles. The highest BCUT2D eigenvalue weighted by molar-refractivity contribution is 6.32. The van der Waals surface area contributed by atoms with Crippen LogP contribution in [-0.4, -0.2) is 0 Å². The number of halogens is 2. The Kier molecular flexibility index (Phi) is 4.43. The molecule has 0 fully saturated rings. The van der Waals surface area contributed by atoms with E-state index in [0.29, 0.717) is 10.6 Å². The molecule has 2 nitrogen and oxygen atoms in total. The quantitative estimate of drug-likeness (QED) is 0.664. The third-order valence-electron chi connectivity index (χ3n) is 3.47. The van der Waals surface area contributed by atoms with Crippen molar-refractivity contribution in [3.8, 4) is 0 Å². The Morgan fingerprint density at radius 3 is 2.45 bits per heavy atom. The summed E-state index contributed by atoms with van der Waals surface area (Å²) in [6, 6.07) is 8.64. The van der Waals surface area contributed by atoms with Gasteiger partial charge in [0.2, 0.25) is 0 Å². The second-order valence-corrected chi connectivity index (χ2v) is 5.43. The van der Waals surface area contributed by atoms with Gasteiger partial charge < -0.3 is 0 Å². The lowest BCUT2D eigenvalue weighted by atomic mass is 9.93. The van der Waals surface area contributed by atoms with E-state index >= 15 is 0 Å². The maximum Gasteiger partial charge on any atom is 0.128 e. The standard InChI is InChI=1S/C16H18ClFN2/c1-9-7-11(3)14(13(18)8-9)16(20-19)12-6-4-5-10(2)15(12)17/h4-8,16,20H,19H2,1-3H3. The second kappa shape index (κ2) is 5.92. The van der Waals surface area contributed by atoms with Crippen molar-refractivity contribution >= 4 is 11.6 Å². The largest absolute Gasteiger partial charge is 0.271 e. The molecule has 3 N–H and O–H groups in total. The van der Waals surface area contributed by atoms with Crippen LogP contribution in [0.1, 0.15) is 33.9 Å². The Morgan fingerprint density at radius 2 is 1.85 bits per heavy atom. The highest BCUT2D eigenvalue weighted by Crippen LogP contribution is 2.33. The fourth-order valence-corrected chi connectivity index (χ4v) is 2.75. The number of nitrogens with two attached hydrogens (primary N) is 1. The van der Waals surface area contributed by atoms with E-state index in [1.807, 2.05) is 45.0 Å². The molecule has 0 spiro atoms. The van der Waals surface area contributed by atoms with Gasteiger partial charge in [0.05, 0.1) is 6.04 Å². The van der Waals surface area contributed by atoms with Crippen LogP contribution in [0.4, 0.5) is 4.39 Å². The summed E-state index contributed by atoms with van der Waals surface area (Å²) in [6.07, 6.45) is 0. The lowest BCUT2D eigenvalue weighted by Crippen LogP contribution is -2.30. The molecule has 1 unspecified atom stereocenters. The van der Waals surface area contributed by atoms with Crippen molar-refractivity contribution < 1.29 is 4.39 Å². The maximum absolute atomic E-state index is 14.3. The minimum Gasteiger partial charge on any atom is -0.271 e. The normalized spacial score (nSPS) is 12.5. The van der Waals surface area contributed by atoms with Gasteiger partial charge in [-0.3, -0.25) is 5.84 Å². The van der Waals surface area contributed by atoms with Gasteiger partial charge in [-0.25, -0.2) is 9.82 Å². The van der Waals surface area contributed by atoms with Crippen molar-refractivity contribution in [2.75, 3.05) is 0 Å². The van der Waals surface area contributed by atoms with Crippen LogP contribution in [0.25, 0.3) is 0 Å². The molecule has 106 valence electrons. The van der Waals surface area contributed by atoms with Crippen LogP contribution in [-0.2, 0) is 0 Å². The molecule has 0 aliphatic heterocycles. The first-order valence-corrected chi connectivity index (χ1v) is 6.81. The number of rotatable bonds is 3. The van der Waals surface area contributed by atoms with E-state index in [2.05, 4.69) is 5.43 Å². The van der Waals surface area contributed by atoms with Crippen molar-refractivity contribution in [2.45, 2.75) is 26.8 Å². The minimum atomic E-state index is -0.469. The molecule has 0 aliphatic rings. The summed E-state index contributed by atoms with van der Waals surface area (Å²) in [4.78, 5) is 0. The Labute approximate surface area is 123 Å².